The van der Waals surface area contributed by atoms with E-state index in [0.29, 0.717) is 24.9 Å². The normalized spacial score (nSPS) is 23.4. The molecule has 1 aromatic rings. The van der Waals surface area contributed by atoms with Crippen LogP contribution < -0.4 is 14.8 Å². The fourth-order valence-corrected chi connectivity index (χ4v) is 2.42. The van der Waals surface area contributed by atoms with Gasteiger partial charge in [0, 0.05) is 18.0 Å². The van der Waals surface area contributed by atoms with Gasteiger partial charge in [0.1, 0.15) is 19.0 Å². The molecule has 4 heteroatoms. The monoisotopic (exact) mass is 221 g/mol. The first kappa shape index (κ1) is 9.78. The van der Waals surface area contributed by atoms with Gasteiger partial charge in [-0.15, -0.1) is 0 Å². The average Bonchev–Trinajstić information content (AvgIpc) is 2.82. The number of ether oxygens (including phenoxy) is 2. The number of phenolic OH excluding ortho intramolecular Hbond substituents is 1. The number of hydrogen-bond donors (Lipinski definition) is 2. The number of benzene rings is 1. The average molecular weight is 221 g/mol. The van der Waals surface area contributed by atoms with Gasteiger partial charge in [0.05, 0.1) is 0 Å². The van der Waals surface area contributed by atoms with Crippen LogP contribution in [0.1, 0.15) is 17.9 Å². The summed E-state index contributed by atoms with van der Waals surface area (Å²) in [5.74, 6) is 2.14. The van der Waals surface area contributed by atoms with Crippen LogP contribution in [0.15, 0.2) is 12.1 Å². The predicted octanol–water partition coefficient (Wildman–Crippen LogP) is 1.24. The van der Waals surface area contributed by atoms with Crippen LogP contribution in [-0.4, -0.2) is 31.4 Å². The Bertz CT molecular complexity index is 399. The number of rotatable bonds is 1. The molecule has 3 rings (SSSR count). The van der Waals surface area contributed by atoms with E-state index in [2.05, 4.69) is 5.32 Å². The minimum atomic E-state index is 0.318. The molecule has 1 aromatic carbocycles. The number of nitrogens with one attached hydrogen (secondary N) is 1. The third-order valence-electron chi connectivity index (χ3n) is 3.19. The van der Waals surface area contributed by atoms with E-state index < -0.39 is 0 Å². The van der Waals surface area contributed by atoms with Crippen molar-refractivity contribution in [2.45, 2.75) is 12.3 Å². The first-order chi connectivity index (χ1) is 7.86. The maximum absolute atomic E-state index is 9.96. The molecule has 0 radical (unpaired) electrons. The molecule has 4 nitrogen and oxygen atoms in total. The van der Waals surface area contributed by atoms with Crippen molar-refractivity contribution < 1.29 is 14.6 Å². The summed E-state index contributed by atoms with van der Waals surface area (Å²) >= 11 is 0. The van der Waals surface area contributed by atoms with E-state index in [1.807, 2.05) is 0 Å². The first-order valence-corrected chi connectivity index (χ1v) is 5.68. The molecule has 2 aliphatic heterocycles. The highest BCUT2D eigenvalue weighted by Gasteiger charge is 2.27. The van der Waals surface area contributed by atoms with Gasteiger partial charge >= 0.3 is 0 Å². The van der Waals surface area contributed by atoms with Crippen molar-refractivity contribution in [2.24, 2.45) is 0 Å². The summed E-state index contributed by atoms with van der Waals surface area (Å²) in [6.45, 7) is 3.03. The predicted molar refractivity (Wildman–Crippen MR) is 59.3 cm³/mol. The summed E-state index contributed by atoms with van der Waals surface area (Å²) in [7, 11) is 0. The molecule has 0 aromatic heterocycles. The first-order valence-electron chi connectivity index (χ1n) is 5.68. The Morgan fingerprint density at radius 1 is 1.25 bits per heavy atom. The van der Waals surface area contributed by atoms with Crippen LogP contribution in [-0.2, 0) is 0 Å². The maximum atomic E-state index is 9.96. The number of fused-ring (bicyclic) bond motifs is 1. The standard InChI is InChI=1S/C12H15NO3/c14-9-1-2-10-12(16-6-5-15-10)11(9)8-3-4-13-7-8/h1-2,8,13-14H,3-7H2. The highest BCUT2D eigenvalue weighted by Crippen LogP contribution is 2.44. The Morgan fingerprint density at radius 2 is 2.12 bits per heavy atom. The molecule has 0 spiro atoms. The van der Waals surface area contributed by atoms with Crippen molar-refractivity contribution in [2.75, 3.05) is 26.3 Å². The summed E-state index contributed by atoms with van der Waals surface area (Å²) < 4.78 is 11.2. The molecule has 2 N–H and O–H groups in total. The second-order valence-electron chi connectivity index (χ2n) is 4.21. The van der Waals surface area contributed by atoms with E-state index in [0.717, 1.165) is 36.6 Å². The number of phenols is 1. The molecule has 0 saturated carbocycles. The molecule has 1 fully saturated rings. The zero-order chi connectivity index (χ0) is 11.0. The van der Waals surface area contributed by atoms with E-state index >= 15 is 0 Å². The molecule has 1 saturated heterocycles. The number of hydrogen-bond acceptors (Lipinski definition) is 4. The SMILES string of the molecule is Oc1ccc2c(c1C1CCNC1)OCCO2. The maximum Gasteiger partial charge on any atom is 0.168 e. The molecule has 0 bridgehead atoms. The van der Waals surface area contributed by atoms with Crippen molar-refractivity contribution in [3.8, 4) is 17.2 Å². The van der Waals surface area contributed by atoms with Crippen molar-refractivity contribution in [3.63, 3.8) is 0 Å². The Kier molecular flexibility index (Phi) is 2.36. The molecule has 86 valence electrons. The fourth-order valence-electron chi connectivity index (χ4n) is 2.42. The minimum absolute atomic E-state index is 0.318. The van der Waals surface area contributed by atoms with Gasteiger partial charge in [-0.1, -0.05) is 0 Å². The molecule has 1 unspecified atom stereocenters. The summed E-state index contributed by atoms with van der Waals surface area (Å²) in [4.78, 5) is 0. The molecule has 0 amide bonds. The fraction of sp³-hybridized carbons (Fsp3) is 0.500. The second kappa shape index (κ2) is 3.87. The molecule has 16 heavy (non-hydrogen) atoms. The summed E-state index contributed by atoms with van der Waals surface area (Å²) in [5.41, 5.74) is 0.905. The third-order valence-corrected chi connectivity index (χ3v) is 3.19. The lowest BCUT2D eigenvalue weighted by molar-refractivity contribution is 0.168. The van der Waals surface area contributed by atoms with Crippen LogP contribution in [0.2, 0.25) is 0 Å². The molecule has 2 aliphatic rings. The van der Waals surface area contributed by atoms with Crippen LogP contribution in [0.3, 0.4) is 0 Å². The zero-order valence-electron chi connectivity index (χ0n) is 9.03. The van der Waals surface area contributed by atoms with Gasteiger partial charge in [-0.05, 0) is 25.1 Å². The van der Waals surface area contributed by atoms with Crippen LogP contribution >= 0.6 is 0 Å². The molecule has 0 aliphatic carbocycles. The molecular weight excluding hydrogens is 206 g/mol. The van der Waals surface area contributed by atoms with Crippen molar-refractivity contribution in [1.29, 1.82) is 0 Å². The van der Waals surface area contributed by atoms with E-state index in [9.17, 15) is 5.11 Å². The lowest BCUT2D eigenvalue weighted by atomic mass is 9.95. The van der Waals surface area contributed by atoms with Crippen LogP contribution in [0.5, 0.6) is 17.2 Å². The highest BCUT2D eigenvalue weighted by atomic mass is 16.6. The van der Waals surface area contributed by atoms with Gasteiger partial charge in [0.2, 0.25) is 0 Å². The van der Waals surface area contributed by atoms with Gasteiger partial charge < -0.3 is 19.9 Å². The topological polar surface area (TPSA) is 50.7 Å². The third kappa shape index (κ3) is 1.50. The lowest BCUT2D eigenvalue weighted by Crippen LogP contribution is -2.18. The highest BCUT2D eigenvalue weighted by molar-refractivity contribution is 5.56. The van der Waals surface area contributed by atoms with Crippen LogP contribution in [0.25, 0.3) is 0 Å². The van der Waals surface area contributed by atoms with Gasteiger partial charge in [0.15, 0.2) is 11.5 Å². The zero-order valence-corrected chi connectivity index (χ0v) is 9.03. The summed E-state index contributed by atoms with van der Waals surface area (Å²) in [6, 6.07) is 3.47. The smallest absolute Gasteiger partial charge is 0.168 e. The minimum Gasteiger partial charge on any atom is -0.508 e. The van der Waals surface area contributed by atoms with Crippen molar-refractivity contribution >= 4 is 0 Å². The van der Waals surface area contributed by atoms with Gasteiger partial charge in [-0.3, -0.25) is 0 Å². The van der Waals surface area contributed by atoms with Crippen LogP contribution in [0, 0.1) is 0 Å². The second-order valence-corrected chi connectivity index (χ2v) is 4.21. The Hall–Kier alpha value is -1.42. The molecule has 1 atom stereocenters. The van der Waals surface area contributed by atoms with Crippen LogP contribution in [0.4, 0.5) is 0 Å². The van der Waals surface area contributed by atoms with Gasteiger partial charge in [-0.25, -0.2) is 0 Å². The Labute approximate surface area is 94.2 Å². The number of aromatic hydroxyl groups is 1. The largest absolute Gasteiger partial charge is 0.508 e. The molecule has 2 heterocycles. The van der Waals surface area contributed by atoms with Crippen molar-refractivity contribution in [3.05, 3.63) is 17.7 Å². The summed E-state index contributed by atoms with van der Waals surface area (Å²) in [5, 5.41) is 13.3. The van der Waals surface area contributed by atoms with E-state index in [4.69, 9.17) is 9.47 Å². The van der Waals surface area contributed by atoms with E-state index in [-0.39, 0.29) is 0 Å². The Balaban J connectivity index is 2.06. The van der Waals surface area contributed by atoms with Gasteiger partial charge in [-0.2, -0.15) is 0 Å². The van der Waals surface area contributed by atoms with Gasteiger partial charge in [0.25, 0.3) is 0 Å². The van der Waals surface area contributed by atoms with E-state index in [1.54, 1.807) is 12.1 Å². The quantitative estimate of drug-likeness (QED) is 0.749. The summed E-state index contributed by atoms with van der Waals surface area (Å²) in [6.07, 6.45) is 1.04. The lowest BCUT2D eigenvalue weighted by Gasteiger charge is -2.23. The van der Waals surface area contributed by atoms with E-state index in [1.165, 1.54) is 0 Å². The molecular formula is C12H15NO3. The Morgan fingerprint density at radius 3 is 2.94 bits per heavy atom. The van der Waals surface area contributed by atoms with Crippen molar-refractivity contribution in [1.82, 2.24) is 5.32 Å².